The molecule has 2 atom stereocenters. The number of rotatable bonds is 5. The van der Waals surface area contributed by atoms with Gasteiger partial charge in [0.05, 0.1) is 0 Å². The highest BCUT2D eigenvalue weighted by molar-refractivity contribution is 6.03. The minimum absolute atomic E-state index is 0.0149. The number of carbonyl (C=O) groups is 2. The molecule has 2 amide bonds. The molecule has 3 saturated heterocycles. The predicted molar refractivity (Wildman–Crippen MR) is 125 cm³/mol. The van der Waals surface area contributed by atoms with Crippen molar-refractivity contribution in [3.8, 4) is 5.75 Å². The maximum absolute atomic E-state index is 13.2. The van der Waals surface area contributed by atoms with Crippen LogP contribution < -0.4 is 10.1 Å². The van der Waals surface area contributed by atoms with Crippen LogP contribution in [0.15, 0.2) is 42.7 Å². The van der Waals surface area contributed by atoms with Crippen LogP contribution in [-0.4, -0.2) is 63.9 Å². The first-order valence-corrected chi connectivity index (χ1v) is 12.6. The Hall–Kier alpha value is -2.93. The van der Waals surface area contributed by atoms with Crippen LogP contribution in [0.4, 0.5) is 0 Å². The molecule has 1 aromatic carbocycles. The smallest absolute Gasteiger partial charge is 0.255 e. The SMILES string of the molecule is O=C1c2ccc(O[C@H]3CCC[C@H]3N3CC(c4ccncc4)C3)cc2CN1C12CC(CNC1=O)C2. The van der Waals surface area contributed by atoms with E-state index >= 15 is 0 Å². The molecule has 8 rings (SSSR count). The van der Waals surface area contributed by atoms with Crippen molar-refractivity contribution in [1.82, 2.24) is 20.1 Å². The van der Waals surface area contributed by atoms with Gasteiger partial charge in [-0.2, -0.15) is 0 Å². The highest BCUT2D eigenvalue weighted by atomic mass is 16.5. The summed E-state index contributed by atoms with van der Waals surface area (Å²) in [6.07, 6.45) is 8.94. The van der Waals surface area contributed by atoms with E-state index in [1.807, 2.05) is 35.5 Å². The fourth-order valence-electron chi connectivity index (χ4n) is 6.95. The molecule has 7 nitrogen and oxygen atoms in total. The highest BCUT2D eigenvalue weighted by Crippen LogP contribution is 2.48. The van der Waals surface area contributed by atoms with Gasteiger partial charge in [0.2, 0.25) is 5.91 Å². The first-order chi connectivity index (χ1) is 16.6. The molecule has 2 saturated carbocycles. The summed E-state index contributed by atoms with van der Waals surface area (Å²) < 4.78 is 6.52. The monoisotopic (exact) mass is 458 g/mol. The van der Waals surface area contributed by atoms with Gasteiger partial charge < -0.3 is 15.0 Å². The molecule has 0 radical (unpaired) electrons. The number of hydrogen-bond donors (Lipinski definition) is 1. The summed E-state index contributed by atoms with van der Waals surface area (Å²) >= 11 is 0. The molecule has 34 heavy (non-hydrogen) atoms. The van der Waals surface area contributed by atoms with Gasteiger partial charge >= 0.3 is 0 Å². The van der Waals surface area contributed by atoms with Gasteiger partial charge in [0, 0.05) is 56.1 Å². The standard InChI is InChI=1S/C27H30N4O3/c32-25-22-5-4-21(10-19(22)16-31(25)27-11-17(12-27)13-29-26(27)33)34-24-3-1-2-23(24)30-14-20(15-30)18-6-8-28-9-7-18/h4-10,17,20,23-24H,1-3,11-16H2,(H,29,33)/t17?,23-,24+,27?/m1/s1. The van der Waals surface area contributed by atoms with Crippen LogP contribution >= 0.6 is 0 Å². The molecule has 1 N–H and O–H groups in total. The van der Waals surface area contributed by atoms with Gasteiger partial charge in [-0.25, -0.2) is 0 Å². The van der Waals surface area contributed by atoms with Gasteiger partial charge in [-0.05, 0) is 79.5 Å². The van der Waals surface area contributed by atoms with Gasteiger partial charge in [-0.15, -0.1) is 0 Å². The van der Waals surface area contributed by atoms with Crippen LogP contribution in [0.25, 0.3) is 0 Å². The number of nitrogens with zero attached hydrogens (tertiary/aromatic N) is 3. The Morgan fingerprint density at radius 2 is 1.88 bits per heavy atom. The Morgan fingerprint density at radius 3 is 2.68 bits per heavy atom. The highest BCUT2D eigenvalue weighted by Gasteiger charge is 2.59. The lowest BCUT2D eigenvalue weighted by atomic mass is 9.64. The molecular formula is C27H30N4O3. The van der Waals surface area contributed by atoms with E-state index in [-0.39, 0.29) is 17.9 Å². The normalized spacial score (nSPS) is 32.7. The summed E-state index contributed by atoms with van der Waals surface area (Å²) in [5, 5.41) is 2.98. The van der Waals surface area contributed by atoms with Crippen molar-refractivity contribution < 1.29 is 14.3 Å². The third-order valence-corrected chi connectivity index (χ3v) is 8.89. The minimum atomic E-state index is -0.639. The second kappa shape index (κ2) is 7.54. The third kappa shape index (κ3) is 3.02. The molecule has 176 valence electrons. The van der Waals surface area contributed by atoms with E-state index in [4.69, 9.17) is 4.74 Å². The number of piperidine rings is 2. The molecule has 2 bridgehead atoms. The number of aromatic nitrogens is 1. The molecule has 1 aromatic heterocycles. The second-order valence-electron chi connectivity index (χ2n) is 10.8. The number of benzene rings is 1. The summed E-state index contributed by atoms with van der Waals surface area (Å²) in [5.74, 6) is 1.93. The molecule has 2 aliphatic carbocycles. The van der Waals surface area contributed by atoms with Gasteiger partial charge in [-0.3, -0.25) is 19.5 Å². The summed E-state index contributed by atoms with van der Waals surface area (Å²) in [4.78, 5) is 34.3. The molecule has 4 aliphatic heterocycles. The van der Waals surface area contributed by atoms with Crippen LogP contribution in [0.2, 0.25) is 0 Å². The predicted octanol–water partition coefficient (Wildman–Crippen LogP) is 2.72. The van der Waals surface area contributed by atoms with Crippen LogP contribution in [0.1, 0.15) is 59.5 Å². The van der Waals surface area contributed by atoms with Crippen molar-refractivity contribution in [2.45, 2.75) is 62.3 Å². The van der Waals surface area contributed by atoms with Crippen molar-refractivity contribution in [3.05, 3.63) is 59.4 Å². The zero-order valence-electron chi connectivity index (χ0n) is 19.3. The number of hydrogen-bond acceptors (Lipinski definition) is 5. The number of nitrogens with one attached hydrogen (secondary N) is 1. The van der Waals surface area contributed by atoms with Crippen molar-refractivity contribution in [2.24, 2.45) is 5.92 Å². The van der Waals surface area contributed by atoms with Crippen molar-refractivity contribution in [2.75, 3.05) is 19.6 Å². The fourth-order valence-corrected chi connectivity index (χ4v) is 6.95. The number of ether oxygens (including phenoxy) is 1. The average molecular weight is 459 g/mol. The Labute approximate surface area is 199 Å². The molecule has 0 unspecified atom stereocenters. The molecule has 6 aliphatic rings. The first kappa shape index (κ1) is 20.4. The lowest BCUT2D eigenvalue weighted by Crippen LogP contribution is -2.71. The topological polar surface area (TPSA) is 74.8 Å². The third-order valence-electron chi connectivity index (χ3n) is 8.89. The Morgan fingerprint density at radius 1 is 1.06 bits per heavy atom. The maximum Gasteiger partial charge on any atom is 0.255 e. The van der Waals surface area contributed by atoms with Crippen molar-refractivity contribution in [3.63, 3.8) is 0 Å². The van der Waals surface area contributed by atoms with E-state index < -0.39 is 5.54 Å². The molecular weight excluding hydrogens is 428 g/mol. The fraction of sp³-hybridized carbons (Fsp3) is 0.519. The van der Waals surface area contributed by atoms with Gasteiger partial charge in [0.15, 0.2) is 0 Å². The zero-order valence-corrected chi connectivity index (χ0v) is 19.3. The van der Waals surface area contributed by atoms with Gasteiger partial charge in [0.25, 0.3) is 5.91 Å². The lowest BCUT2D eigenvalue weighted by Gasteiger charge is -2.55. The largest absolute Gasteiger partial charge is 0.489 e. The van der Waals surface area contributed by atoms with E-state index in [2.05, 4.69) is 27.3 Å². The molecule has 7 heteroatoms. The van der Waals surface area contributed by atoms with Crippen LogP contribution in [0.3, 0.4) is 0 Å². The summed E-state index contributed by atoms with van der Waals surface area (Å²) in [6.45, 7) is 3.40. The van der Waals surface area contributed by atoms with E-state index in [0.717, 1.165) is 55.8 Å². The Bertz CT molecular complexity index is 1140. The minimum Gasteiger partial charge on any atom is -0.489 e. The van der Waals surface area contributed by atoms with E-state index in [1.165, 1.54) is 18.4 Å². The average Bonchev–Trinajstić information content (AvgIpc) is 3.37. The van der Waals surface area contributed by atoms with Crippen LogP contribution in [0.5, 0.6) is 5.75 Å². The first-order valence-electron chi connectivity index (χ1n) is 12.6. The number of pyridine rings is 1. The number of fused-ring (bicyclic) bond motifs is 3. The van der Waals surface area contributed by atoms with Gasteiger partial charge in [-0.1, -0.05) is 0 Å². The van der Waals surface area contributed by atoms with Crippen LogP contribution in [-0.2, 0) is 11.3 Å². The Kier molecular flexibility index (Phi) is 4.53. The van der Waals surface area contributed by atoms with Crippen molar-refractivity contribution >= 4 is 11.8 Å². The maximum atomic E-state index is 13.2. The van der Waals surface area contributed by atoms with Crippen LogP contribution in [0, 0.1) is 5.92 Å². The van der Waals surface area contributed by atoms with E-state index in [0.29, 0.717) is 24.4 Å². The lowest BCUT2D eigenvalue weighted by molar-refractivity contribution is -0.148. The molecule has 0 spiro atoms. The molecule has 5 heterocycles. The quantitative estimate of drug-likeness (QED) is 0.746. The van der Waals surface area contributed by atoms with E-state index in [9.17, 15) is 9.59 Å². The Balaban J connectivity index is 1.03. The van der Waals surface area contributed by atoms with Crippen molar-refractivity contribution in [1.29, 1.82) is 0 Å². The molecule has 2 aromatic rings. The zero-order chi connectivity index (χ0) is 22.9. The summed E-state index contributed by atoms with van der Waals surface area (Å²) in [6, 6.07) is 10.6. The number of carbonyl (C=O) groups excluding carboxylic acids is 2. The van der Waals surface area contributed by atoms with Gasteiger partial charge in [0.1, 0.15) is 17.4 Å². The van der Waals surface area contributed by atoms with E-state index in [1.54, 1.807) is 0 Å². The molecule has 5 fully saturated rings. The number of likely N-dealkylation sites (tertiary alicyclic amines) is 1. The second-order valence-corrected chi connectivity index (χ2v) is 10.8. The summed E-state index contributed by atoms with van der Waals surface area (Å²) in [5.41, 5.74) is 2.43. The number of amides is 2. The summed E-state index contributed by atoms with van der Waals surface area (Å²) in [7, 11) is 0.